The van der Waals surface area contributed by atoms with Crippen molar-refractivity contribution in [2.45, 2.75) is 13.0 Å². The lowest BCUT2D eigenvalue weighted by Gasteiger charge is -2.33. The van der Waals surface area contributed by atoms with Crippen LogP contribution in [0.15, 0.2) is 12.1 Å². The van der Waals surface area contributed by atoms with Gasteiger partial charge in [-0.05, 0) is 19.1 Å². The molecular weight excluding hydrogens is 281 g/mol. The third-order valence-electron chi connectivity index (χ3n) is 3.16. The zero-order chi connectivity index (χ0) is 12.4. The van der Waals surface area contributed by atoms with Gasteiger partial charge in [-0.3, -0.25) is 4.90 Å². The second kappa shape index (κ2) is 6.66. The van der Waals surface area contributed by atoms with Gasteiger partial charge in [0.2, 0.25) is 0 Å². The molecule has 1 aliphatic rings. The summed E-state index contributed by atoms with van der Waals surface area (Å²) in [6.45, 7) is 5.11. The minimum absolute atomic E-state index is 0. The maximum atomic E-state index is 13.7. The summed E-state index contributed by atoms with van der Waals surface area (Å²) in [5.41, 5.74) is 0.108. The third kappa shape index (κ3) is 3.32. The first kappa shape index (κ1) is 15.6. The number of nitrogens with zero attached hydrogens (tertiary/aromatic N) is 1. The SMILES string of the molecule is C[C@@H](c1c(F)cc(Cl)cc1F)N1CCNCC1.Cl. The Morgan fingerprint density at radius 1 is 1.22 bits per heavy atom. The largest absolute Gasteiger partial charge is 0.314 e. The minimum Gasteiger partial charge on any atom is -0.314 e. The van der Waals surface area contributed by atoms with Crippen LogP contribution in [0.4, 0.5) is 8.78 Å². The molecule has 2 rings (SSSR count). The van der Waals surface area contributed by atoms with Gasteiger partial charge in [0.05, 0.1) is 0 Å². The van der Waals surface area contributed by atoms with E-state index in [4.69, 9.17) is 11.6 Å². The molecule has 0 unspecified atom stereocenters. The van der Waals surface area contributed by atoms with Gasteiger partial charge in [0.15, 0.2) is 0 Å². The lowest BCUT2D eigenvalue weighted by atomic mass is 10.0. The highest BCUT2D eigenvalue weighted by molar-refractivity contribution is 6.30. The van der Waals surface area contributed by atoms with Gasteiger partial charge >= 0.3 is 0 Å². The van der Waals surface area contributed by atoms with E-state index in [-0.39, 0.29) is 29.0 Å². The smallest absolute Gasteiger partial charge is 0.132 e. The van der Waals surface area contributed by atoms with Crippen LogP contribution >= 0.6 is 24.0 Å². The number of nitrogens with one attached hydrogen (secondary N) is 1. The van der Waals surface area contributed by atoms with E-state index in [1.165, 1.54) is 12.1 Å². The average molecular weight is 297 g/mol. The Morgan fingerprint density at radius 3 is 2.22 bits per heavy atom. The maximum absolute atomic E-state index is 13.7. The molecule has 0 saturated carbocycles. The predicted octanol–water partition coefficient (Wildman–Crippen LogP) is 3.01. The van der Waals surface area contributed by atoms with Crippen molar-refractivity contribution in [3.8, 4) is 0 Å². The Morgan fingerprint density at radius 2 is 1.72 bits per heavy atom. The second-order valence-corrected chi connectivity index (χ2v) is 4.68. The first-order chi connectivity index (χ1) is 8.09. The summed E-state index contributed by atoms with van der Waals surface area (Å²) in [5.74, 6) is -1.14. The molecule has 2 nitrogen and oxygen atoms in total. The molecule has 0 radical (unpaired) electrons. The molecule has 1 aromatic carbocycles. The molecule has 18 heavy (non-hydrogen) atoms. The molecule has 1 saturated heterocycles. The molecule has 0 bridgehead atoms. The summed E-state index contributed by atoms with van der Waals surface area (Å²) in [7, 11) is 0. The molecule has 6 heteroatoms. The van der Waals surface area contributed by atoms with Gasteiger partial charge in [0, 0.05) is 42.8 Å². The van der Waals surface area contributed by atoms with Crippen molar-refractivity contribution in [1.29, 1.82) is 0 Å². The fraction of sp³-hybridized carbons (Fsp3) is 0.500. The lowest BCUT2D eigenvalue weighted by Crippen LogP contribution is -2.44. The standard InChI is InChI=1S/C12H15ClF2N2.ClH/c1-8(17-4-2-16-3-5-17)12-10(14)6-9(13)7-11(12)15;/h6-8,16H,2-5H2,1H3;1H/t8-;/m0./s1. The Bertz CT molecular complexity index is 386. The van der Waals surface area contributed by atoms with Gasteiger partial charge in [-0.1, -0.05) is 11.6 Å². The Kier molecular flexibility index (Phi) is 5.79. The average Bonchev–Trinajstić information content (AvgIpc) is 2.28. The molecule has 1 N–H and O–H groups in total. The number of hydrogen-bond acceptors (Lipinski definition) is 2. The summed E-state index contributed by atoms with van der Waals surface area (Å²) >= 11 is 5.61. The lowest BCUT2D eigenvalue weighted by molar-refractivity contribution is 0.179. The fourth-order valence-corrected chi connectivity index (χ4v) is 2.40. The van der Waals surface area contributed by atoms with Crippen molar-refractivity contribution < 1.29 is 8.78 Å². The monoisotopic (exact) mass is 296 g/mol. The Labute approximate surface area is 117 Å². The van der Waals surface area contributed by atoms with Crippen LogP contribution in [0.1, 0.15) is 18.5 Å². The van der Waals surface area contributed by atoms with E-state index in [9.17, 15) is 8.78 Å². The molecule has 102 valence electrons. The fourth-order valence-electron chi connectivity index (χ4n) is 2.20. The Hall–Kier alpha value is -0.420. The number of hydrogen-bond donors (Lipinski definition) is 1. The van der Waals surface area contributed by atoms with Crippen molar-refractivity contribution in [1.82, 2.24) is 10.2 Å². The van der Waals surface area contributed by atoms with E-state index < -0.39 is 11.6 Å². The molecule has 1 fully saturated rings. The van der Waals surface area contributed by atoms with Crippen LogP contribution in [-0.2, 0) is 0 Å². The molecule has 0 amide bonds. The maximum Gasteiger partial charge on any atom is 0.132 e. The molecule has 1 aliphatic heterocycles. The van der Waals surface area contributed by atoms with Gasteiger partial charge in [0.1, 0.15) is 11.6 Å². The van der Waals surface area contributed by atoms with E-state index in [0.717, 1.165) is 26.2 Å². The van der Waals surface area contributed by atoms with E-state index in [1.54, 1.807) is 0 Å². The molecule has 0 aliphatic carbocycles. The molecule has 1 atom stereocenters. The third-order valence-corrected chi connectivity index (χ3v) is 3.38. The summed E-state index contributed by atoms with van der Waals surface area (Å²) < 4.78 is 27.5. The van der Waals surface area contributed by atoms with Crippen LogP contribution in [0, 0.1) is 11.6 Å². The van der Waals surface area contributed by atoms with Crippen LogP contribution < -0.4 is 5.32 Å². The van der Waals surface area contributed by atoms with Crippen molar-refractivity contribution >= 4 is 24.0 Å². The second-order valence-electron chi connectivity index (χ2n) is 4.25. The van der Waals surface area contributed by atoms with Crippen LogP contribution in [0.5, 0.6) is 0 Å². The zero-order valence-electron chi connectivity index (χ0n) is 10.0. The van der Waals surface area contributed by atoms with E-state index in [2.05, 4.69) is 10.2 Å². The quantitative estimate of drug-likeness (QED) is 0.902. The molecule has 0 spiro atoms. The normalized spacial score (nSPS) is 18.2. The number of halogens is 4. The number of benzene rings is 1. The summed E-state index contributed by atoms with van der Waals surface area (Å²) in [5, 5.41) is 3.30. The topological polar surface area (TPSA) is 15.3 Å². The van der Waals surface area contributed by atoms with Gasteiger partial charge in [-0.25, -0.2) is 8.78 Å². The van der Waals surface area contributed by atoms with Crippen LogP contribution in [0.3, 0.4) is 0 Å². The van der Waals surface area contributed by atoms with Crippen molar-refractivity contribution in [2.75, 3.05) is 26.2 Å². The first-order valence-electron chi connectivity index (χ1n) is 5.69. The minimum atomic E-state index is -0.568. The van der Waals surface area contributed by atoms with Gasteiger partial charge in [-0.2, -0.15) is 0 Å². The summed E-state index contributed by atoms with van der Waals surface area (Å²) in [6, 6.07) is 2.06. The van der Waals surface area contributed by atoms with Crippen LogP contribution in [0.2, 0.25) is 5.02 Å². The van der Waals surface area contributed by atoms with Crippen molar-refractivity contribution in [2.24, 2.45) is 0 Å². The summed E-state index contributed by atoms with van der Waals surface area (Å²) in [4.78, 5) is 2.06. The Balaban J connectivity index is 0.00000162. The molecule has 1 aromatic rings. The van der Waals surface area contributed by atoms with E-state index in [0.29, 0.717) is 0 Å². The zero-order valence-corrected chi connectivity index (χ0v) is 11.6. The van der Waals surface area contributed by atoms with E-state index >= 15 is 0 Å². The van der Waals surface area contributed by atoms with Gasteiger partial charge < -0.3 is 5.32 Å². The van der Waals surface area contributed by atoms with Crippen LogP contribution in [-0.4, -0.2) is 31.1 Å². The molecule has 0 aromatic heterocycles. The van der Waals surface area contributed by atoms with Crippen molar-refractivity contribution in [3.63, 3.8) is 0 Å². The number of rotatable bonds is 2. The highest BCUT2D eigenvalue weighted by Gasteiger charge is 2.24. The predicted molar refractivity (Wildman–Crippen MR) is 71.5 cm³/mol. The van der Waals surface area contributed by atoms with Crippen molar-refractivity contribution in [3.05, 3.63) is 34.4 Å². The van der Waals surface area contributed by atoms with Crippen LogP contribution in [0.25, 0.3) is 0 Å². The van der Waals surface area contributed by atoms with Gasteiger partial charge in [-0.15, -0.1) is 12.4 Å². The van der Waals surface area contributed by atoms with E-state index in [1.807, 2.05) is 6.92 Å². The molecule has 1 heterocycles. The first-order valence-corrected chi connectivity index (χ1v) is 6.06. The number of piperazine rings is 1. The highest BCUT2D eigenvalue weighted by atomic mass is 35.5. The summed E-state index contributed by atoms with van der Waals surface area (Å²) in [6.07, 6.45) is 0. The molecular formula is C12H16Cl2F2N2. The highest BCUT2D eigenvalue weighted by Crippen LogP contribution is 2.28. The van der Waals surface area contributed by atoms with Gasteiger partial charge in [0.25, 0.3) is 0 Å².